The van der Waals surface area contributed by atoms with Crippen LogP contribution in [0.4, 0.5) is 5.69 Å². The Hall–Kier alpha value is -2.20. The molecular weight excluding hydrogens is 278 g/mol. The van der Waals surface area contributed by atoms with Gasteiger partial charge in [0.1, 0.15) is 11.5 Å². The van der Waals surface area contributed by atoms with Crippen LogP contribution in [0.15, 0.2) is 36.4 Å². The molecule has 0 aliphatic heterocycles. The minimum atomic E-state index is -0.504. The van der Waals surface area contributed by atoms with Crippen LogP contribution in [0.3, 0.4) is 0 Å². The first-order chi connectivity index (χ1) is 9.51. The van der Waals surface area contributed by atoms with Gasteiger partial charge in [0.15, 0.2) is 0 Å². The van der Waals surface area contributed by atoms with Crippen molar-refractivity contribution in [3.8, 4) is 11.5 Å². The van der Waals surface area contributed by atoms with Gasteiger partial charge in [-0.1, -0.05) is 17.7 Å². The van der Waals surface area contributed by atoms with E-state index in [1.54, 1.807) is 30.3 Å². The number of rotatable bonds is 3. The van der Waals surface area contributed by atoms with Crippen molar-refractivity contribution in [3.63, 3.8) is 0 Å². The third-order valence-electron chi connectivity index (χ3n) is 2.81. The number of carbonyl (C=O) groups is 1. The normalized spacial score (nSPS) is 10.2. The lowest BCUT2D eigenvalue weighted by Gasteiger charge is -2.11. The number of anilines is 1. The van der Waals surface area contributed by atoms with Gasteiger partial charge in [0, 0.05) is 10.7 Å². The standard InChI is InChI=1S/C15H14ClNO3/c1-9-3-4-10(16)7-14(9)20-11-5-6-13(17)12(8-11)15(18)19-2/h3-8H,17H2,1-2H3. The molecule has 0 aliphatic carbocycles. The summed E-state index contributed by atoms with van der Waals surface area (Å²) in [5.41, 5.74) is 7.28. The largest absolute Gasteiger partial charge is 0.465 e. The second-order valence-corrected chi connectivity index (χ2v) is 4.69. The Bertz CT molecular complexity index is 656. The molecule has 20 heavy (non-hydrogen) atoms. The number of hydrogen-bond donors (Lipinski definition) is 1. The highest BCUT2D eigenvalue weighted by Crippen LogP contribution is 2.29. The molecule has 4 nitrogen and oxygen atoms in total. The van der Waals surface area contributed by atoms with Gasteiger partial charge in [-0.15, -0.1) is 0 Å². The summed E-state index contributed by atoms with van der Waals surface area (Å²) in [5, 5.41) is 0.578. The maximum Gasteiger partial charge on any atom is 0.340 e. The van der Waals surface area contributed by atoms with Crippen molar-refractivity contribution < 1.29 is 14.3 Å². The van der Waals surface area contributed by atoms with Gasteiger partial charge in [-0.25, -0.2) is 4.79 Å². The van der Waals surface area contributed by atoms with E-state index in [9.17, 15) is 4.79 Å². The van der Waals surface area contributed by atoms with Crippen LogP contribution in [0.2, 0.25) is 5.02 Å². The van der Waals surface area contributed by atoms with Crippen LogP contribution in [-0.2, 0) is 4.74 Å². The number of esters is 1. The van der Waals surface area contributed by atoms with Gasteiger partial charge in [0.25, 0.3) is 0 Å². The number of methoxy groups -OCH3 is 1. The van der Waals surface area contributed by atoms with Crippen LogP contribution < -0.4 is 10.5 Å². The van der Waals surface area contributed by atoms with E-state index in [2.05, 4.69) is 4.74 Å². The number of nitrogen functional groups attached to an aromatic ring is 1. The molecule has 0 saturated carbocycles. The van der Waals surface area contributed by atoms with Crippen molar-refractivity contribution in [3.05, 3.63) is 52.5 Å². The molecule has 0 aliphatic rings. The number of ether oxygens (including phenoxy) is 2. The number of hydrogen-bond acceptors (Lipinski definition) is 4. The fourth-order valence-electron chi connectivity index (χ4n) is 1.70. The molecule has 0 radical (unpaired) electrons. The first-order valence-electron chi connectivity index (χ1n) is 5.93. The Labute approximate surface area is 122 Å². The Morgan fingerprint density at radius 1 is 1.20 bits per heavy atom. The summed E-state index contributed by atoms with van der Waals surface area (Å²) in [4.78, 5) is 11.6. The van der Waals surface area contributed by atoms with Crippen LogP contribution in [0, 0.1) is 6.92 Å². The van der Waals surface area contributed by atoms with Gasteiger partial charge in [-0.05, 0) is 42.8 Å². The molecule has 0 bridgehead atoms. The molecule has 0 atom stereocenters. The lowest BCUT2D eigenvalue weighted by atomic mass is 10.1. The van der Waals surface area contributed by atoms with Crippen molar-refractivity contribution in [1.82, 2.24) is 0 Å². The van der Waals surface area contributed by atoms with Crippen molar-refractivity contribution >= 4 is 23.3 Å². The van der Waals surface area contributed by atoms with Gasteiger partial charge < -0.3 is 15.2 Å². The van der Waals surface area contributed by atoms with E-state index in [1.165, 1.54) is 7.11 Å². The van der Waals surface area contributed by atoms with E-state index in [0.29, 0.717) is 22.2 Å². The van der Waals surface area contributed by atoms with Crippen LogP contribution in [-0.4, -0.2) is 13.1 Å². The summed E-state index contributed by atoms with van der Waals surface area (Å²) >= 11 is 5.94. The minimum absolute atomic E-state index is 0.268. The summed E-state index contributed by atoms with van der Waals surface area (Å²) in [7, 11) is 1.30. The number of benzene rings is 2. The number of halogens is 1. The van der Waals surface area contributed by atoms with Crippen LogP contribution in [0.25, 0.3) is 0 Å². The lowest BCUT2D eigenvalue weighted by molar-refractivity contribution is 0.0601. The van der Waals surface area contributed by atoms with Crippen LogP contribution in [0.1, 0.15) is 15.9 Å². The molecular formula is C15H14ClNO3. The molecule has 2 aromatic rings. The fourth-order valence-corrected chi connectivity index (χ4v) is 1.86. The Morgan fingerprint density at radius 3 is 2.65 bits per heavy atom. The Balaban J connectivity index is 2.34. The predicted octanol–water partition coefficient (Wildman–Crippen LogP) is 3.81. The Morgan fingerprint density at radius 2 is 1.95 bits per heavy atom. The second-order valence-electron chi connectivity index (χ2n) is 4.25. The van der Waals surface area contributed by atoms with Crippen LogP contribution >= 0.6 is 11.6 Å². The average molecular weight is 292 g/mol. The quantitative estimate of drug-likeness (QED) is 0.690. The van der Waals surface area contributed by atoms with E-state index >= 15 is 0 Å². The minimum Gasteiger partial charge on any atom is -0.465 e. The highest BCUT2D eigenvalue weighted by atomic mass is 35.5. The molecule has 0 aromatic heterocycles. The molecule has 0 heterocycles. The number of nitrogens with two attached hydrogens (primary N) is 1. The molecule has 0 spiro atoms. The molecule has 5 heteroatoms. The molecule has 2 N–H and O–H groups in total. The number of aryl methyl sites for hydroxylation is 1. The summed E-state index contributed by atoms with van der Waals surface area (Å²) in [6.07, 6.45) is 0. The lowest BCUT2D eigenvalue weighted by Crippen LogP contribution is -2.05. The Kier molecular flexibility index (Phi) is 4.15. The fraction of sp³-hybridized carbons (Fsp3) is 0.133. The zero-order chi connectivity index (χ0) is 14.7. The molecule has 104 valence electrons. The number of carbonyl (C=O) groups excluding carboxylic acids is 1. The second kappa shape index (κ2) is 5.84. The highest BCUT2D eigenvalue weighted by Gasteiger charge is 2.12. The van der Waals surface area contributed by atoms with E-state index in [4.69, 9.17) is 22.1 Å². The summed E-state index contributed by atoms with van der Waals surface area (Å²) in [5.74, 6) is 0.610. The van der Waals surface area contributed by atoms with Gasteiger partial charge in [-0.3, -0.25) is 0 Å². The van der Waals surface area contributed by atoms with Crippen molar-refractivity contribution in [2.75, 3.05) is 12.8 Å². The molecule has 2 aromatic carbocycles. The van der Waals surface area contributed by atoms with Crippen molar-refractivity contribution in [2.24, 2.45) is 0 Å². The van der Waals surface area contributed by atoms with E-state index in [0.717, 1.165) is 5.56 Å². The van der Waals surface area contributed by atoms with Gasteiger partial charge in [-0.2, -0.15) is 0 Å². The molecule has 0 fully saturated rings. The third kappa shape index (κ3) is 3.03. The first kappa shape index (κ1) is 14.2. The van der Waals surface area contributed by atoms with E-state index in [-0.39, 0.29) is 5.56 Å². The molecule has 0 amide bonds. The predicted molar refractivity (Wildman–Crippen MR) is 78.5 cm³/mol. The summed E-state index contributed by atoms with van der Waals surface area (Å²) < 4.78 is 10.4. The van der Waals surface area contributed by atoms with Gasteiger partial charge >= 0.3 is 5.97 Å². The van der Waals surface area contributed by atoms with Gasteiger partial charge in [0.2, 0.25) is 0 Å². The first-order valence-corrected chi connectivity index (χ1v) is 6.31. The monoisotopic (exact) mass is 291 g/mol. The van der Waals surface area contributed by atoms with Crippen molar-refractivity contribution in [1.29, 1.82) is 0 Å². The third-order valence-corrected chi connectivity index (χ3v) is 3.04. The summed E-state index contributed by atoms with van der Waals surface area (Å²) in [6, 6.07) is 10.2. The van der Waals surface area contributed by atoms with Gasteiger partial charge in [0.05, 0.1) is 12.7 Å². The average Bonchev–Trinajstić information content (AvgIpc) is 2.44. The highest BCUT2D eigenvalue weighted by molar-refractivity contribution is 6.30. The van der Waals surface area contributed by atoms with Crippen LogP contribution in [0.5, 0.6) is 11.5 Å². The maximum atomic E-state index is 11.6. The molecule has 0 saturated heterocycles. The smallest absolute Gasteiger partial charge is 0.340 e. The van der Waals surface area contributed by atoms with E-state index < -0.39 is 5.97 Å². The summed E-state index contributed by atoms with van der Waals surface area (Å²) in [6.45, 7) is 1.91. The zero-order valence-electron chi connectivity index (χ0n) is 11.1. The maximum absolute atomic E-state index is 11.6. The topological polar surface area (TPSA) is 61.5 Å². The molecule has 0 unspecified atom stereocenters. The van der Waals surface area contributed by atoms with E-state index in [1.807, 2.05) is 13.0 Å². The van der Waals surface area contributed by atoms with Crippen molar-refractivity contribution in [2.45, 2.75) is 6.92 Å². The molecule has 2 rings (SSSR count). The zero-order valence-corrected chi connectivity index (χ0v) is 11.9. The SMILES string of the molecule is COC(=O)c1cc(Oc2cc(Cl)ccc2C)ccc1N.